The van der Waals surface area contributed by atoms with E-state index in [2.05, 4.69) is 41.6 Å². The lowest BCUT2D eigenvalue weighted by atomic mass is 9.85. The number of guanidine groups is 1. The summed E-state index contributed by atoms with van der Waals surface area (Å²) in [5.41, 5.74) is 1.06. The fourth-order valence-electron chi connectivity index (χ4n) is 5.07. The smallest absolute Gasteiger partial charge is 0.233 e. The van der Waals surface area contributed by atoms with Crippen LogP contribution in [0.3, 0.4) is 0 Å². The third-order valence-electron chi connectivity index (χ3n) is 6.78. The van der Waals surface area contributed by atoms with Gasteiger partial charge in [0.15, 0.2) is 5.96 Å². The second-order valence-electron chi connectivity index (χ2n) is 9.32. The number of hydrogen-bond donors (Lipinski definition) is 2. The Hall–Kier alpha value is -2.83. The van der Waals surface area contributed by atoms with Crippen molar-refractivity contribution >= 4 is 17.8 Å². The maximum Gasteiger partial charge on any atom is 0.233 e. The molecule has 1 aliphatic heterocycles. The predicted molar refractivity (Wildman–Crippen MR) is 124 cm³/mol. The van der Waals surface area contributed by atoms with Crippen LogP contribution in [-0.4, -0.2) is 49.4 Å². The molecule has 2 N–H and O–H groups in total. The van der Waals surface area contributed by atoms with E-state index in [1.54, 1.807) is 7.05 Å². The fraction of sp³-hybridized carbons (Fsp3) is 0.560. The SMILES string of the molecule is CN=C(NCCN1C(=O)C2C3C=CC(C3)C2C1=O)NCc1ccccc1OCCC(C)C. The second-order valence-corrected chi connectivity index (χ2v) is 9.32. The minimum Gasteiger partial charge on any atom is -0.493 e. The van der Waals surface area contributed by atoms with Crippen molar-refractivity contribution in [3.8, 4) is 5.75 Å². The topological polar surface area (TPSA) is 83.0 Å². The molecule has 1 aromatic carbocycles. The van der Waals surface area contributed by atoms with Crippen molar-refractivity contribution in [1.29, 1.82) is 0 Å². The number of rotatable bonds is 9. The van der Waals surface area contributed by atoms with E-state index in [-0.39, 0.29) is 35.5 Å². The first-order chi connectivity index (χ1) is 15.5. The van der Waals surface area contributed by atoms with Crippen molar-refractivity contribution in [3.63, 3.8) is 0 Å². The summed E-state index contributed by atoms with van der Waals surface area (Å²) in [5.74, 6) is 2.31. The highest BCUT2D eigenvalue weighted by Gasteiger charge is 2.58. The van der Waals surface area contributed by atoms with Gasteiger partial charge in [0.2, 0.25) is 11.8 Å². The van der Waals surface area contributed by atoms with Gasteiger partial charge in [0.05, 0.1) is 18.4 Å². The minimum absolute atomic E-state index is 0.00549. The Morgan fingerprint density at radius 1 is 1.12 bits per heavy atom. The molecule has 2 aliphatic carbocycles. The third kappa shape index (κ3) is 4.52. The van der Waals surface area contributed by atoms with E-state index in [9.17, 15) is 9.59 Å². The van der Waals surface area contributed by atoms with Gasteiger partial charge in [-0.1, -0.05) is 44.2 Å². The maximum absolute atomic E-state index is 12.8. The standard InChI is InChI=1S/C25H34N4O3/c1-16(2)10-13-32-20-7-5-4-6-19(20)15-28-25(26-3)27-11-12-29-23(30)21-17-8-9-18(14-17)22(21)24(29)31/h4-9,16-18,21-22H,10-15H2,1-3H3,(H2,26,27,28). The first kappa shape index (κ1) is 22.4. The molecule has 4 unspecified atom stereocenters. The summed E-state index contributed by atoms with van der Waals surface area (Å²) in [6.07, 6.45) is 6.21. The number of carbonyl (C=O) groups is 2. The van der Waals surface area contributed by atoms with Gasteiger partial charge in [-0.25, -0.2) is 0 Å². The van der Waals surface area contributed by atoms with Crippen LogP contribution in [0.1, 0.15) is 32.3 Å². The van der Waals surface area contributed by atoms with E-state index in [1.807, 2.05) is 24.3 Å². The zero-order valence-corrected chi connectivity index (χ0v) is 19.2. The second kappa shape index (κ2) is 9.76. The molecule has 2 amide bonds. The van der Waals surface area contributed by atoms with Crippen LogP contribution in [0, 0.1) is 29.6 Å². The van der Waals surface area contributed by atoms with Gasteiger partial charge >= 0.3 is 0 Å². The Morgan fingerprint density at radius 2 is 1.81 bits per heavy atom. The highest BCUT2D eigenvalue weighted by Crippen LogP contribution is 2.52. The summed E-state index contributed by atoms with van der Waals surface area (Å²) in [4.78, 5) is 31.3. The predicted octanol–water partition coefficient (Wildman–Crippen LogP) is 2.58. The number of benzene rings is 1. The average molecular weight is 439 g/mol. The Balaban J connectivity index is 1.25. The molecule has 32 heavy (non-hydrogen) atoms. The summed E-state index contributed by atoms with van der Waals surface area (Å²) in [6.45, 7) is 6.45. The molecule has 4 rings (SSSR count). The van der Waals surface area contributed by atoms with Crippen LogP contribution in [0.4, 0.5) is 0 Å². The number of aliphatic imine (C=N–C) groups is 1. The molecule has 2 fully saturated rings. The van der Waals surface area contributed by atoms with Crippen LogP contribution in [0.5, 0.6) is 5.75 Å². The van der Waals surface area contributed by atoms with Crippen molar-refractivity contribution in [1.82, 2.24) is 15.5 Å². The van der Waals surface area contributed by atoms with Crippen molar-refractivity contribution in [2.24, 2.45) is 34.6 Å². The molecule has 7 heteroatoms. The number of hydrogen-bond acceptors (Lipinski definition) is 4. The van der Waals surface area contributed by atoms with E-state index in [0.29, 0.717) is 38.1 Å². The molecule has 1 saturated carbocycles. The molecule has 3 aliphatic rings. The van der Waals surface area contributed by atoms with Gasteiger partial charge in [-0.2, -0.15) is 0 Å². The Kier molecular flexibility index (Phi) is 6.82. The van der Waals surface area contributed by atoms with E-state index >= 15 is 0 Å². The fourth-order valence-corrected chi connectivity index (χ4v) is 5.07. The lowest BCUT2D eigenvalue weighted by Gasteiger charge is -2.19. The largest absolute Gasteiger partial charge is 0.493 e. The summed E-state index contributed by atoms with van der Waals surface area (Å²) in [7, 11) is 1.71. The van der Waals surface area contributed by atoms with Gasteiger partial charge in [-0.05, 0) is 36.7 Å². The number of para-hydroxylation sites is 1. The molecule has 7 nitrogen and oxygen atoms in total. The van der Waals surface area contributed by atoms with E-state index in [4.69, 9.17) is 4.74 Å². The van der Waals surface area contributed by atoms with Crippen molar-refractivity contribution in [2.75, 3.05) is 26.7 Å². The van der Waals surface area contributed by atoms with E-state index in [0.717, 1.165) is 24.2 Å². The minimum atomic E-state index is -0.137. The Morgan fingerprint density at radius 3 is 2.47 bits per heavy atom. The van der Waals surface area contributed by atoms with Crippen molar-refractivity contribution in [3.05, 3.63) is 42.0 Å². The number of nitrogens with one attached hydrogen (secondary N) is 2. The molecule has 2 bridgehead atoms. The van der Waals surface area contributed by atoms with E-state index < -0.39 is 0 Å². The number of nitrogens with zero attached hydrogens (tertiary/aromatic N) is 2. The summed E-state index contributed by atoms with van der Waals surface area (Å²) >= 11 is 0. The monoisotopic (exact) mass is 438 g/mol. The number of ether oxygens (including phenoxy) is 1. The van der Waals surface area contributed by atoms with Gasteiger partial charge in [0.25, 0.3) is 0 Å². The number of fused-ring (bicyclic) bond motifs is 5. The number of likely N-dealkylation sites (tertiary alicyclic amines) is 1. The number of imide groups is 1. The van der Waals surface area contributed by atoms with Gasteiger partial charge < -0.3 is 15.4 Å². The first-order valence-electron chi connectivity index (χ1n) is 11.7. The normalized spacial score (nSPS) is 26.2. The molecule has 0 radical (unpaired) electrons. The van der Waals surface area contributed by atoms with Crippen LogP contribution in [-0.2, 0) is 16.1 Å². The molecule has 0 aromatic heterocycles. The summed E-state index contributed by atoms with van der Waals surface area (Å²) in [5, 5.41) is 6.52. The molecule has 1 saturated heterocycles. The average Bonchev–Trinajstić information content (AvgIpc) is 3.46. The molecule has 4 atom stereocenters. The van der Waals surface area contributed by atoms with Crippen LogP contribution in [0.2, 0.25) is 0 Å². The zero-order valence-electron chi connectivity index (χ0n) is 19.2. The van der Waals surface area contributed by atoms with Crippen LogP contribution < -0.4 is 15.4 Å². The maximum atomic E-state index is 12.8. The molecule has 172 valence electrons. The molecule has 1 aromatic rings. The number of amides is 2. The highest BCUT2D eigenvalue weighted by atomic mass is 16.5. The van der Waals surface area contributed by atoms with Crippen LogP contribution in [0.25, 0.3) is 0 Å². The number of carbonyl (C=O) groups excluding carboxylic acids is 2. The third-order valence-corrected chi connectivity index (χ3v) is 6.78. The quantitative estimate of drug-likeness (QED) is 0.268. The van der Waals surface area contributed by atoms with E-state index in [1.165, 1.54) is 4.90 Å². The van der Waals surface area contributed by atoms with Crippen LogP contribution >= 0.6 is 0 Å². The summed E-state index contributed by atoms with van der Waals surface area (Å²) < 4.78 is 5.96. The highest BCUT2D eigenvalue weighted by molar-refractivity contribution is 6.06. The zero-order chi connectivity index (χ0) is 22.7. The van der Waals surface area contributed by atoms with Gasteiger partial charge in [0.1, 0.15) is 5.75 Å². The molecular formula is C25H34N4O3. The number of allylic oxidation sites excluding steroid dienone is 2. The van der Waals surface area contributed by atoms with Gasteiger partial charge in [-0.15, -0.1) is 0 Å². The van der Waals surface area contributed by atoms with Crippen molar-refractivity contribution < 1.29 is 14.3 Å². The molecule has 1 heterocycles. The summed E-state index contributed by atoms with van der Waals surface area (Å²) in [6, 6.07) is 7.99. The lowest BCUT2D eigenvalue weighted by molar-refractivity contribution is -0.140. The lowest BCUT2D eigenvalue weighted by Crippen LogP contribution is -2.43. The molecular weight excluding hydrogens is 404 g/mol. The van der Waals surface area contributed by atoms with Crippen molar-refractivity contribution in [2.45, 2.75) is 33.2 Å². The Labute approximate surface area is 190 Å². The molecule has 0 spiro atoms. The van der Waals surface area contributed by atoms with Gasteiger partial charge in [0, 0.05) is 32.2 Å². The first-order valence-corrected chi connectivity index (χ1v) is 11.7. The van der Waals surface area contributed by atoms with Crippen LogP contribution in [0.15, 0.2) is 41.4 Å². The Bertz CT molecular complexity index is 880. The van der Waals surface area contributed by atoms with Gasteiger partial charge in [-0.3, -0.25) is 19.5 Å².